The fourth-order valence-electron chi connectivity index (χ4n) is 1.54. The second-order valence-corrected chi connectivity index (χ2v) is 6.40. The van der Waals surface area contributed by atoms with Crippen molar-refractivity contribution in [1.82, 2.24) is 5.32 Å². The van der Waals surface area contributed by atoms with Gasteiger partial charge in [-0.2, -0.15) is 0 Å². The Kier molecular flexibility index (Phi) is 5.10. The van der Waals surface area contributed by atoms with Gasteiger partial charge in [0, 0.05) is 10.6 Å². The lowest BCUT2D eigenvalue weighted by Gasteiger charge is -2.10. The third-order valence-electron chi connectivity index (χ3n) is 2.31. The van der Waals surface area contributed by atoms with E-state index in [1.807, 2.05) is 0 Å². The van der Waals surface area contributed by atoms with E-state index in [0.29, 0.717) is 19.8 Å². The summed E-state index contributed by atoms with van der Waals surface area (Å²) in [5, 5.41) is 11.6. The number of aliphatic carboxylic acids is 1. The van der Waals surface area contributed by atoms with Crippen molar-refractivity contribution in [3.8, 4) is 5.75 Å². The molecule has 1 fully saturated rings. The van der Waals surface area contributed by atoms with Gasteiger partial charge in [0.25, 0.3) is 5.91 Å². The molecule has 21 heavy (non-hydrogen) atoms. The van der Waals surface area contributed by atoms with Gasteiger partial charge in [0.2, 0.25) is 0 Å². The molecule has 110 valence electrons. The van der Waals surface area contributed by atoms with E-state index in [2.05, 4.69) is 5.32 Å². The molecular formula is C12H7Cl2NO4S2. The molecule has 1 aromatic carbocycles. The van der Waals surface area contributed by atoms with Crippen LogP contribution < -0.4 is 10.1 Å². The van der Waals surface area contributed by atoms with Crippen molar-refractivity contribution in [1.29, 1.82) is 0 Å². The highest BCUT2D eigenvalue weighted by atomic mass is 35.5. The number of thiocarbonyl (C=S) groups is 1. The fraction of sp³-hybridized carbons (Fsp3) is 0.0833. The molecule has 0 bridgehead atoms. The lowest BCUT2D eigenvalue weighted by Crippen LogP contribution is -2.17. The van der Waals surface area contributed by atoms with Gasteiger partial charge in [0.1, 0.15) is 10.1 Å². The van der Waals surface area contributed by atoms with Gasteiger partial charge in [-0.25, -0.2) is 4.79 Å². The molecule has 0 aromatic heterocycles. The maximum Gasteiger partial charge on any atom is 0.341 e. The van der Waals surface area contributed by atoms with Gasteiger partial charge in [-0.1, -0.05) is 47.2 Å². The molecule has 1 aromatic rings. The van der Waals surface area contributed by atoms with Gasteiger partial charge in [0.15, 0.2) is 6.61 Å². The van der Waals surface area contributed by atoms with Crippen molar-refractivity contribution >= 4 is 69.5 Å². The molecule has 0 atom stereocenters. The van der Waals surface area contributed by atoms with Crippen LogP contribution in [-0.4, -0.2) is 27.9 Å². The summed E-state index contributed by atoms with van der Waals surface area (Å²) in [6.07, 6.45) is 1.49. The van der Waals surface area contributed by atoms with E-state index in [9.17, 15) is 9.59 Å². The summed E-state index contributed by atoms with van der Waals surface area (Å²) < 4.78 is 5.49. The van der Waals surface area contributed by atoms with E-state index in [4.69, 9.17) is 45.3 Å². The first-order chi connectivity index (χ1) is 9.86. The lowest BCUT2D eigenvalue weighted by atomic mass is 10.2. The van der Waals surface area contributed by atoms with Gasteiger partial charge >= 0.3 is 5.97 Å². The van der Waals surface area contributed by atoms with Crippen LogP contribution in [0.15, 0.2) is 17.0 Å². The number of amides is 1. The van der Waals surface area contributed by atoms with E-state index in [1.165, 1.54) is 18.2 Å². The summed E-state index contributed by atoms with van der Waals surface area (Å²) in [6, 6.07) is 2.95. The number of rotatable bonds is 4. The van der Waals surface area contributed by atoms with Crippen molar-refractivity contribution in [2.45, 2.75) is 0 Å². The topological polar surface area (TPSA) is 75.6 Å². The largest absolute Gasteiger partial charge is 0.480 e. The number of benzene rings is 1. The number of halogens is 2. The first kappa shape index (κ1) is 16.1. The molecule has 5 nitrogen and oxygen atoms in total. The third-order valence-corrected chi connectivity index (χ3v) is 3.97. The zero-order valence-electron chi connectivity index (χ0n) is 10.2. The molecule has 0 spiro atoms. The van der Waals surface area contributed by atoms with E-state index in [1.54, 1.807) is 0 Å². The quantitative estimate of drug-likeness (QED) is 0.632. The van der Waals surface area contributed by atoms with Crippen molar-refractivity contribution in [3.63, 3.8) is 0 Å². The monoisotopic (exact) mass is 363 g/mol. The average molecular weight is 364 g/mol. The molecule has 2 N–H and O–H groups in total. The predicted molar refractivity (Wildman–Crippen MR) is 85.9 cm³/mol. The molecule has 0 aliphatic carbocycles. The summed E-state index contributed by atoms with van der Waals surface area (Å²) >= 11 is 17.9. The van der Waals surface area contributed by atoms with Crippen LogP contribution >= 0.6 is 47.2 Å². The summed E-state index contributed by atoms with van der Waals surface area (Å²) in [7, 11) is 0. The average Bonchev–Trinajstić information content (AvgIpc) is 2.66. The Morgan fingerprint density at radius 3 is 2.76 bits per heavy atom. The Labute approximate surface area is 139 Å². The first-order valence-electron chi connectivity index (χ1n) is 5.45. The molecule has 1 aliphatic rings. The lowest BCUT2D eigenvalue weighted by molar-refractivity contribution is -0.139. The summed E-state index contributed by atoms with van der Waals surface area (Å²) in [5.74, 6) is -1.35. The van der Waals surface area contributed by atoms with Crippen LogP contribution in [0.5, 0.6) is 5.75 Å². The number of hydrogen-bond donors (Lipinski definition) is 2. The molecule has 1 saturated heterocycles. The van der Waals surface area contributed by atoms with Crippen LogP contribution in [-0.2, 0) is 9.59 Å². The van der Waals surface area contributed by atoms with Crippen molar-refractivity contribution in [3.05, 3.63) is 32.6 Å². The molecule has 1 aliphatic heterocycles. The molecule has 0 radical (unpaired) electrons. The number of carboxylic acids is 1. The zero-order chi connectivity index (χ0) is 15.6. The highest BCUT2D eigenvalue weighted by Crippen LogP contribution is 2.36. The Balaban J connectivity index is 2.41. The molecule has 9 heteroatoms. The number of carbonyl (C=O) groups excluding carboxylic acids is 1. The molecule has 1 amide bonds. The van der Waals surface area contributed by atoms with Gasteiger partial charge < -0.3 is 15.2 Å². The minimum Gasteiger partial charge on any atom is -0.480 e. The number of ether oxygens (including phenoxy) is 1. The standard InChI is InChI=1S/C12H7Cl2NO4S2/c13-6-1-5(2-8-11(18)15-12(20)21-8)10(7(14)3-6)19-4-9(16)17/h1-3H,4H2,(H,16,17)(H,15,18,20)/b8-2+. The fourth-order valence-corrected chi connectivity index (χ4v) is 3.13. The van der Waals surface area contributed by atoms with Gasteiger partial charge in [-0.15, -0.1) is 0 Å². The predicted octanol–water partition coefficient (Wildman–Crippen LogP) is 2.95. The highest BCUT2D eigenvalue weighted by molar-refractivity contribution is 8.26. The Morgan fingerprint density at radius 1 is 1.48 bits per heavy atom. The minimum atomic E-state index is -1.14. The molecule has 0 unspecified atom stereocenters. The number of nitrogens with one attached hydrogen (secondary N) is 1. The smallest absolute Gasteiger partial charge is 0.341 e. The Bertz CT molecular complexity index is 675. The molecular weight excluding hydrogens is 357 g/mol. The minimum absolute atomic E-state index is 0.141. The van der Waals surface area contributed by atoms with Crippen LogP contribution in [0.4, 0.5) is 0 Å². The maximum absolute atomic E-state index is 11.6. The van der Waals surface area contributed by atoms with Crippen LogP contribution in [0.3, 0.4) is 0 Å². The van der Waals surface area contributed by atoms with E-state index in [-0.39, 0.29) is 16.7 Å². The number of thioether (sulfide) groups is 1. The summed E-state index contributed by atoms with van der Waals surface area (Å²) in [4.78, 5) is 22.6. The molecule has 0 saturated carbocycles. The van der Waals surface area contributed by atoms with Crippen LogP contribution in [0, 0.1) is 0 Å². The second-order valence-electron chi connectivity index (χ2n) is 3.84. The Hall–Kier alpha value is -1.28. The summed E-state index contributed by atoms with van der Waals surface area (Å²) in [5.41, 5.74) is 0.399. The van der Waals surface area contributed by atoms with Crippen molar-refractivity contribution in [2.24, 2.45) is 0 Å². The van der Waals surface area contributed by atoms with Crippen LogP contribution in [0.2, 0.25) is 10.0 Å². The third kappa shape index (κ3) is 4.10. The summed E-state index contributed by atoms with van der Waals surface area (Å²) in [6.45, 7) is -0.560. The number of carboxylic acid groups (broad SMARTS) is 1. The van der Waals surface area contributed by atoms with Gasteiger partial charge in [0.05, 0.1) is 9.93 Å². The van der Waals surface area contributed by atoms with Gasteiger partial charge in [-0.3, -0.25) is 4.79 Å². The molecule has 2 rings (SSSR count). The van der Waals surface area contributed by atoms with Crippen molar-refractivity contribution in [2.75, 3.05) is 6.61 Å². The van der Waals surface area contributed by atoms with E-state index < -0.39 is 12.6 Å². The SMILES string of the molecule is O=C(O)COc1c(Cl)cc(Cl)cc1/C=C1/SC(=S)NC1=O. The van der Waals surface area contributed by atoms with Crippen LogP contribution in [0.25, 0.3) is 6.08 Å². The Morgan fingerprint density at radius 2 is 2.19 bits per heavy atom. The van der Waals surface area contributed by atoms with Crippen molar-refractivity contribution < 1.29 is 19.4 Å². The zero-order valence-corrected chi connectivity index (χ0v) is 13.3. The van der Waals surface area contributed by atoms with Crippen LogP contribution in [0.1, 0.15) is 5.56 Å². The first-order valence-corrected chi connectivity index (χ1v) is 7.43. The normalized spacial score (nSPS) is 16.2. The van der Waals surface area contributed by atoms with E-state index >= 15 is 0 Å². The van der Waals surface area contributed by atoms with E-state index in [0.717, 1.165) is 11.8 Å². The molecule has 1 heterocycles. The highest BCUT2D eigenvalue weighted by Gasteiger charge is 2.23. The van der Waals surface area contributed by atoms with Gasteiger partial charge in [-0.05, 0) is 18.2 Å². The number of carbonyl (C=O) groups is 2. The second kappa shape index (κ2) is 6.65. The maximum atomic E-state index is 11.6. The number of hydrogen-bond acceptors (Lipinski definition) is 5.